The van der Waals surface area contributed by atoms with Gasteiger partial charge in [0, 0.05) is 22.5 Å². The normalized spacial score (nSPS) is 14.5. The number of hydrogen-bond acceptors (Lipinski definition) is 6. The van der Waals surface area contributed by atoms with Crippen molar-refractivity contribution in [2.75, 3.05) is 23.7 Å². The first-order valence-electron chi connectivity index (χ1n) is 14.9. The smallest absolute Gasteiger partial charge is 0.264 e. The topological polar surface area (TPSA) is 96.0 Å². The average molecular weight is 658 g/mol. The van der Waals surface area contributed by atoms with Crippen molar-refractivity contribution in [3.05, 3.63) is 83.4 Å². The van der Waals surface area contributed by atoms with Crippen LogP contribution in [0.5, 0.6) is 5.75 Å². The monoisotopic (exact) mass is 657 g/mol. The summed E-state index contributed by atoms with van der Waals surface area (Å²) in [6, 6.07) is 19.5. The fraction of sp³-hybridized carbons (Fsp3) is 0.394. The van der Waals surface area contributed by atoms with Crippen molar-refractivity contribution >= 4 is 50.9 Å². The van der Waals surface area contributed by atoms with Gasteiger partial charge in [-0.2, -0.15) is 0 Å². The number of para-hydroxylation sites is 2. The third-order valence-electron chi connectivity index (χ3n) is 7.78. The van der Waals surface area contributed by atoms with E-state index in [0.717, 1.165) is 41.3 Å². The van der Waals surface area contributed by atoms with Gasteiger partial charge in [-0.1, -0.05) is 61.2 Å². The Morgan fingerprint density at radius 1 is 1.00 bits per heavy atom. The van der Waals surface area contributed by atoms with Crippen LogP contribution in [0.15, 0.2) is 82.6 Å². The van der Waals surface area contributed by atoms with E-state index in [9.17, 15) is 18.0 Å². The van der Waals surface area contributed by atoms with Crippen molar-refractivity contribution in [3.8, 4) is 5.75 Å². The SMILES string of the molecule is CCOc1ccccc1N(CC(=O)N(Cc1ccccc1Cl)[C@H](C)C(=O)NC1CCCCC1)S(=O)(=O)c1ccc(SC)cc1. The lowest BCUT2D eigenvalue weighted by Crippen LogP contribution is -2.53. The number of nitrogens with zero attached hydrogens (tertiary/aromatic N) is 2. The van der Waals surface area contributed by atoms with Crippen molar-refractivity contribution in [1.82, 2.24) is 10.2 Å². The Labute approximate surface area is 270 Å². The van der Waals surface area contributed by atoms with Crippen molar-refractivity contribution in [2.24, 2.45) is 0 Å². The molecule has 0 heterocycles. The Hall–Kier alpha value is -3.21. The molecule has 1 aliphatic carbocycles. The molecule has 3 aromatic carbocycles. The lowest BCUT2D eigenvalue weighted by atomic mass is 9.95. The lowest BCUT2D eigenvalue weighted by Gasteiger charge is -2.33. The first-order chi connectivity index (χ1) is 21.1. The Morgan fingerprint density at radius 3 is 2.32 bits per heavy atom. The molecular formula is C33H40ClN3O5S2. The average Bonchev–Trinajstić information content (AvgIpc) is 3.03. The van der Waals surface area contributed by atoms with Crippen LogP contribution in [0.3, 0.4) is 0 Å². The van der Waals surface area contributed by atoms with Gasteiger partial charge in [-0.3, -0.25) is 13.9 Å². The zero-order valence-electron chi connectivity index (χ0n) is 25.4. The largest absolute Gasteiger partial charge is 0.492 e. The van der Waals surface area contributed by atoms with E-state index in [1.807, 2.05) is 12.3 Å². The first-order valence-corrected chi connectivity index (χ1v) is 17.9. The molecule has 0 radical (unpaired) electrons. The molecule has 0 bridgehead atoms. The number of halogens is 1. The minimum Gasteiger partial charge on any atom is -0.492 e. The van der Waals surface area contributed by atoms with E-state index in [1.165, 1.54) is 28.8 Å². The molecule has 0 spiro atoms. The maximum Gasteiger partial charge on any atom is 0.264 e. The number of benzene rings is 3. The van der Waals surface area contributed by atoms with Gasteiger partial charge in [-0.05, 0) is 81.0 Å². The summed E-state index contributed by atoms with van der Waals surface area (Å²) in [4.78, 5) is 30.1. The number of thioether (sulfide) groups is 1. The molecule has 1 atom stereocenters. The fourth-order valence-corrected chi connectivity index (χ4v) is 7.32. The zero-order chi connectivity index (χ0) is 31.7. The van der Waals surface area contributed by atoms with Gasteiger partial charge in [-0.25, -0.2) is 8.42 Å². The molecule has 8 nitrogen and oxygen atoms in total. The maximum absolute atomic E-state index is 14.3. The number of rotatable bonds is 13. The van der Waals surface area contributed by atoms with Gasteiger partial charge < -0.3 is 15.0 Å². The molecular weight excluding hydrogens is 618 g/mol. The van der Waals surface area contributed by atoms with Gasteiger partial charge in [0.25, 0.3) is 10.0 Å². The number of amides is 2. The number of nitrogens with one attached hydrogen (secondary N) is 1. The molecule has 0 unspecified atom stereocenters. The lowest BCUT2D eigenvalue weighted by molar-refractivity contribution is -0.139. The highest BCUT2D eigenvalue weighted by atomic mass is 35.5. The van der Waals surface area contributed by atoms with Crippen LogP contribution in [0, 0.1) is 0 Å². The first kappa shape index (κ1) is 33.7. The summed E-state index contributed by atoms with van der Waals surface area (Å²) >= 11 is 7.98. The highest BCUT2D eigenvalue weighted by Gasteiger charge is 2.34. The van der Waals surface area contributed by atoms with Gasteiger partial charge in [0.15, 0.2) is 0 Å². The Kier molecular flexibility index (Phi) is 12.0. The van der Waals surface area contributed by atoms with Gasteiger partial charge in [0.2, 0.25) is 11.8 Å². The predicted octanol–water partition coefficient (Wildman–Crippen LogP) is 6.52. The molecule has 11 heteroatoms. The minimum atomic E-state index is -4.23. The number of hydrogen-bond donors (Lipinski definition) is 1. The molecule has 2 amide bonds. The van der Waals surface area contributed by atoms with Crippen LogP contribution in [0.25, 0.3) is 0 Å². The Morgan fingerprint density at radius 2 is 1.66 bits per heavy atom. The third kappa shape index (κ3) is 8.28. The quantitative estimate of drug-likeness (QED) is 0.210. The van der Waals surface area contributed by atoms with E-state index in [-0.39, 0.29) is 29.1 Å². The molecule has 0 aliphatic heterocycles. The second-order valence-electron chi connectivity index (χ2n) is 10.7. The summed E-state index contributed by atoms with van der Waals surface area (Å²) in [5, 5.41) is 3.56. The van der Waals surface area contributed by atoms with Crippen LogP contribution >= 0.6 is 23.4 Å². The standard InChI is InChI=1S/C33H40ClN3O5S2/c1-4-42-31-17-11-10-16-30(31)37(44(40,41)28-20-18-27(43-3)19-21-28)23-32(38)36(22-25-12-8-9-15-29(25)34)24(2)33(39)35-26-13-6-5-7-14-26/h8-12,15-21,24,26H,4-7,13-14,22-23H2,1-3H3,(H,35,39)/t24-/m1/s1. The van der Waals surface area contributed by atoms with E-state index < -0.39 is 28.5 Å². The summed E-state index contributed by atoms with van der Waals surface area (Å²) in [5.41, 5.74) is 0.880. The summed E-state index contributed by atoms with van der Waals surface area (Å²) in [6.45, 7) is 3.25. The van der Waals surface area contributed by atoms with E-state index >= 15 is 0 Å². The molecule has 0 saturated heterocycles. The third-order valence-corrected chi connectivity index (χ3v) is 10.7. The van der Waals surface area contributed by atoms with Crippen LogP contribution in [0.1, 0.15) is 51.5 Å². The molecule has 1 saturated carbocycles. The maximum atomic E-state index is 14.3. The van der Waals surface area contributed by atoms with Gasteiger partial charge in [0.1, 0.15) is 18.3 Å². The predicted molar refractivity (Wildman–Crippen MR) is 177 cm³/mol. The number of ether oxygens (including phenoxy) is 1. The van der Waals surface area contributed by atoms with Crippen LogP contribution in [0.2, 0.25) is 5.02 Å². The van der Waals surface area contributed by atoms with Gasteiger partial charge in [0.05, 0.1) is 17.2 Å². The molecule has 3 aromatic rings. The molecule has 4 rings (SSSR count). The highest BCUT2D eigenvalue weighted by Crippen LogP contribution is 2.33. The summed E-state index contributed by atoms with van der Waals surface area (Å²) in [6.07, 6.45) is 6.94. The second kappa shape index (κ2) is 15.7. The van der Waals surface area contributed by atoms with Crippen LogP contribution in [-0.2, 0) is 26.2 Å². The second-order valence-corrected chi connectivity index (χ2v) is 13.9. The van der Waals surface area contributed by atoms with E-state index in [4.69, 9.17) is 16.3 Å². The van der Waals surface area contributed by atoms with Crippen molar-refractivity contribution in [2.45, 2.75) is 74.4 Å². The zero-order valence-corrected chi connectivity index (χ0v) is 27.8. The summed E-state index contributed by atoms with van der Waals surface area (Å²) in [7, 11) is -4.23. The van der Waals surface area contributed by atoms with Gasteiger partial charge in [-0.15, -0.1) is 11.8 Å². The summed E-state index contributed by atoms with van der Waals surface area (Å²) in [5.74, 6) is -0.506. The molecule has 1 N–H and O–H groups in total. The van der Waals surface area contributed by atoms with Crippen LogP contribution in [-0.4, -0.2) is 56.6 Å². The van der Waals surface area contributed by atoms with Crippen molar-refractivity contribution < 1.29 is 22.7 Å². The molecule has 236 valence electrons. The molecule has 0 aromatic heterocycles. The Bertz CT molecular complexity index is 1530. The van der Waals surface area contributed by atoms with Crippen molar-refractivity contribution in [3.63, 3.8) is 0 Å². The number of carbonyl (C=O) groups is 2. The molecule has 44 heavy (non-hydrogen) atoms. The minimum absolute atomic E-state index is 0.0289. The van der Waals surface area contributed by atoms with Crippen LogP contribution in [0.4, 0.5) is 5.69 Å². The number of carbonyl (C=O) groups excluding carboxylic acids is 2. The fourth-order valence-electron chi connectivity index (χ4n) is 5.29. The van der Waals surface area contributed by atoms with Crippen LogP contribution < -0.4 is 14.4 Å². The van der Waals surface area contributed by atoms with E-state index in [0.29, 0.717) is 22.9 Å². The number of anilines is 1. The highest BCUT2D eigenvalue weighted by molar-refractivity contribution is 7.98. The van der Waals surface area contributed by atoms with E-state index in [1.54, 1.807) is 68.4 Å². The molecule has 1 aliphatic rings. The summed E-state index contributed by atoms with van der Waals surface area (Å²) < 4.78 is 35.3. The van der Waals surface area contributed by atoms with Gasteiger partial charge >= 0.3 is 0 Å². The number of sulfonamides is 1. The Balaban J connectivity index is 1.72. The molecule has 1 fully saturated rings. The van der Waals surface area contributed by atoms with E-state index in [2.05, 4.69) is 5.32 Å². The van der Waals surface area contributed by atoms with Crippen molar-refractivity contribution in [1.29, 1.82) is 0 Å².